The SMILES string of the molecule is Cc1cc(C)cc(NC(=O)CN2CCC(C(=O)NCc3ccccc3)CC2)c1. The highest BCUT2D eigenvalue weighted by molar-refractivity contribution is 5.92. The Labute approximate surface area is 167 Å². The van der Waals surface area contributed by atoms with Crippen molar-refractivity contribution in [2.45, 2.75) is 33.2 Å². The minimum absolute atomic E-state index is 0.00280. The highest BCUT2D eigenvalue weighted by Crippen LogP contribution is 2.18. The molecule has 1 aliphatic heterocycles. The molecule has 2 amide bonds. The lowest BCUT2D eigenvalue weighted by molar-refractivity contribution is -0.126. The summed E-state index contributed by atoms with van der Waals surface area (Å²) in [5, 5.41) is 6.01. The van der Waals surface area contributed by atoms with Gasteiger partial charge < -0.3 is 10.6 Å². The van der Waals surface area contributed by atoms with E-state index in [0.717, 1.165) is 48.3 Å². The van der Waals surface area contributed by atoms with Crippen molar-refractivity contribution in [3.8, 4) is 0 Å². The molecule has 0 atom stereocenters. The van der Waals surface area contributed by atoms with Gasteiger partial charge in [-0.25, -0.2) is 0 Å². The van der Waals surface area contributed by atoms with E-state index in [2.05, 4.69) is 21.6 Å². The first-order valence-corrected chi connectivity index (χ1v) is 9.92. The number of carbonyl (C=O) groups is 2. The van der Waals surface area contributed by atoms with E-state index in [-0.39, 0.29) is 17.7 Å². The number of amides is 2. The molecule has 0 saturated carbocycles. The van der Waals surface area contributed by atoms with Crippen molar-refractivity contribution in [3.63, 3.8) is 0 Å². The molecule has 5 heteroatoms. The van der Waals surface area contributed by atoms with Crippen LogP contribution in [0.25, 0.3) is 0 Å². The van der Waals surface area contributed by atoms with E-state index in [1.54, 1.807) is 0 Å². The van der Waals surface area contributed by atoms with Crippen LogP contribution in [0, 0.1) is 19.8 Å². The highest BCUT2D eigenvalue weighted by Gasteiger charge is 2.25. The zero-order chi connectivity index (χ0) is 19.9. The fourth-order valence-corrected chi connectivity index (χ4v) is 3.73. The smallest absolute Gasteiger partial charge is 0.238 e. The van der Waals surface area contributed by atoms with Gasteiger partial charge in [-0.3, -0.25) is 14.5 Å². The Bertz CT molecular complexity index is 792. The first-order valence-electron chi connectivity index (χ1n) is 9.92. The summed E-state index contributed by atoms with van der Waals surface area (Å²) in [6.07, 6.45) is 1.58. The average Bonchev–Trinajstić information content (AvgIpc) is 2.66. The van der Waals surface area contributed by atoms with Gasteiger partial charge in [0.1, 0.15) is 0 Å². The molecule has 28 heavy (non-hydrogen) atoms. The maximum absolute atomic E-state index is 12.4. The van der Waals surface area contributed by atoms with Crippen LogP contribution < -0.4 is 10.6 Å². The maximum atomic E-state index is 12.4. The molecule has 148 valence electrons. The van der Waals surface area contributed by atoms with Crippen LogP contribution in [0.2, 0.25) is 0 Å². The van der Waals surface area contributed by atoms with E-state index in [9.17, 15) is 9.59 Å². The van der Waals surface area contributed by atoms with Crippen molar-refractivity contribution in [2.75, 3.05) is 25.0 Å². The number of anilines is 1. The van der Waals surface area contributed by atoms with Crippen molar-refractivity contribution in [2.24, 2.45) is 5.92 Å². The van der Waals surface area contributed by atoms with Crippen LogP contribution in [-0.2, 0) is 16.1 Å². The van der Waals surface area contributed by atoms with Gasteiger partial charge >= 0.3 is 0 Å². The Kier molecular flexibility index (Phi) is 6.82. The van der Waals surface area contributed by atoms with Crippen LogP contribution in [0.1, 0.15) is 29.5 Å². The fraction of sp³-hybridized carbons (Fsp3) is 0.391. The molecular weight excluding hydrogens is 350 g/mol. The van der Waals surface area contributed by atoms with Crippen molar-refractivity contribution in [3.05, 3.63) is 65.2 Å². The van der Waals surface area contributed by atoms with E-state index >= 15 is 0 Å². The minimum Gasteiger partial charge on any atom is -0.352 e. The number of likely N-dealkylation sites (tertiary alicyclic amines) is 1. The summed E-state index contributed by atoms with van der Waals surface area (Å²) in [7, 11) is 0. The zero-order valence-corrected chi connectivity index (χ0v) is 16.7. The number of hydrogen-bond donors (Lipinski definition) is 2. The Balaban J connectivity index is 1.41. The molecule has 0 aliphatic carbocycles. The third-order valence-electron chi connectivity index (χ3n) is 5.14. The minimum atomic E-state index is -0.00280. The van der Waals surface area contributed by atoms with Crippen molar-refractivity contribution in [1.29, 1.82) is 0 Å². The summed E-state index contributed by atoms with van der Waals surface area (Å²) >= 11 is 0. The summed E-state index contributed by atoms with van der Waals surface area (Å²) in [5.74, 6) is 0.141. The Morgan fingerprint density at radius 1 is 1.00 bits per heavy atom. The fourth-order valence-electron chi connectivity index (χ4n) is 3.73. The van der Waals surface area contributed by atoms with Crippen LogP contribution in [0.3, 0.4) is 0 Å². The Morgan fingerprint density at radius 3 is 2.29 bits per heavy atom. The third kappa shape index (κ3) is 5.92. The molecule has 5 nitrogen and oxygen atoms in total. The van der Waals surface area contributed by atoms with E-state index in [4.69, 9.17) is 0 Å². The largest absolute Gasteiger partial charge is 0.352 e. The van der Waals surface area contributed by atoms with Gasteiger partial charge in [0.05, 0.1) is 6.54 Å². The van der Waals surface area contributed by atoms with Gasteiger partial charge in [-0.15, -0.1) is 0 Å². The number of benzene rings is 2. The Hall–Kier alpha value is -2.66. The normalized spacial score (nSPS) is 15.2. The number of aryl methyl sites for hydroxylation is 2. The molecule has 0 bridgehead atoms. The molecule has 2 aromatic carbocycles. The predicted octanol–water partition coefficient (Wildman–Crippen LogP) is 3.27. The molecule has 1 saturated heterocycles. The van der Waals surface area contributed by atoms with Gasteiger partial charge in [-0.2, -0.15) is 0 Å². The maximum Gasteiger partial charge on any atom is 0.238 e. The first-order chi connectivity index (χ1) is 13.5. The summed E-state index contributed by atoms with van der Waals surface area (Å²) in [5.41, 5.74) is 4.23. The summed E-state index contributed by atoms with van der Waals surface area (Å²) in [6, 6.07) is 16.0. The molecule has 3 rings (SSSR count). The van der Waals surface area contributed by atoms with Gasteiger partial charge in [0.15, 0.2) is 0 Å². The molecule has 2 N–H and O–H groups in total. The molecule has 1 fully saturated rings. The lowest BCUT2D eigenvalue weighted by atomic mass is 9.96. The van der Waals surface area contributed by atoms with Crippen LogP contribution in [-0.4, -0.2) is 36.3 Å². The van der Waals surface area contributed by atoms with Gasteiger partial charge in [0, 0.05) is 18.2 Å². The highest BCUT2D eigenvalue weighted by atomic mass is 16.2. The third-order valence-corrected chi connectivity index (χ3v) is 5.14. The van der Waals surface area contributed by atoms with Gasteiger partial charge in [0.25, 0.3) is 0 Å². The number of carbonyl (C=O) groups excluding carboxylic acids is 2. The molecule has 1 heterocycles. The van der Waals surface area contributed by atoms with Gasteiger partial charge in [-0.1, -0.05) is 36.4 Å². The quantitative estimate of drug-likeness (QED) is 0.810. The molecular formula is C23H29N3O2. The molecule has 0 unspecified atom stereocenters. The number of nitrogens with one attached hydrogen (secondary N) is 2. The summed E-state index contributed by atoms with van der Waals surface area (Å²) in [6.45, 7) is 6.52. The molecule has 0 radical (unpaired) electrons. The average molecular weight is 380 g/mol. The lowest BCUT2D eigenvalue weighted by Crippen LogP contribution is -2.43. The second-order valence-corrected chi connectivity index (χ2v) is 7.68. The number of rotatable bonds is 6. The van der Waals surface area contributed by atoms with Crippen molar-refractivity contribution >= 4 is 17.5 Å². The van der Waals surface area contributed by atoms with E-state index in [1.807, 2.05) is 56.3 Å². The second-order valence-electron chi connectivity index (χ2n) is 7.68. The van der Waals surface area contributed by atoms with Crippen molar-refractivity contribution in [1.82, 2.24) is 10.2 Å². The predicted molar refractivity (Wildman–Crippen MR) is 112 cm³/mol. The van der Waals surface area contributed by atoms with Crippen LogP contribution in [0.4, 0.5) is 5.69 Å². The zero-order valence-electron chi connectivity index (χ0n) is 16.7. The second kappa shape index (κ2) is 9.51. The first kappa shape index (κ1) is 20.1. The topological polar surface area (TPSA) is 61.4 Å². The van der Waals surface area contributed by atoms with Gasteiger partial charge in [-0.05, 0) is 68.6 Å². The standard InChI is InChI=1S/C23H29N3O2/c1-17-12-18(2)14-21(13-17)25-22(27)16-26-10-8-20(9-11-26)23(28)24-15-19-6-4-3-5-7-19/h3-7,12-14,20H,8-11,15-16H2,1-2H3,(H,24,28)(H,25,27). The van der Waals surface area contributed by atoms with E-state index < -0.39 is 0 Å². The molecule has 1 aliphatic rings. The van der Waals surface area contributed by atoms with Crippen LogP contribution in [0.5, 0.6) is 0 Å². The van der Waals surface area contributed by atoms with Crippen LogP contribution >= 0.6 is 0 Å². The van der Waals surface area contributed by atoms with Crippen molar-refractivity contribution < 1.29 is 9.59 Å². The van der Waals surface area contributed by atoms with Crippen LogP contribution in [0.15, 0.2) is 48.5 Å². The number of piperidine rings is 1. The number of nitrogens with zero attached hydrogens (tertiary/aromatic N) is 1. The monoisotopic (exact) mass is 379 g/mol. The molecule has 0 aromatic heterocycles. The van der Waals surface area contributed by atoms with E-state index in [1.165, 1.54) is 0 Å². The Morgan fingerprint density at radius 2 is 1.64 bits per heavy atom. The molecule has 0 spiro atoms. The lowest BCUT2D eigenvalue weighted by Gasteiger charge is -2.30. The van der Waals surface area contributed by atoms with Gasteiger partial charge in [0.2, 0.25) is 11.8 Å². The number of hydrogen-bond acceptors (Lipinski definition) is 3. The van der Waals surface area contributed by atoms with E-state index in [0.29, 0.717) is 13.1 Å². The molecule has 2 aromatic rings. The summed E-state index contributed by atoms with van der Waals surface area (Å²) in [4.78, 5) is 26.9. The summed E-state index contributed by atoms with van der Waals surface area (Å²) < 4.78 is 0.